The van der Waals surface area contributed by atoms with Crippen LogP contribution in [0.3, 0.4) is 0 Å². The van der Waals surface area contributed by atoms with Crippen LogP contribution in [-0.4, -0.2) is 39.7 Å². The summed E-state index contributed by atoms with van der Waals surface area (Å²) in [5.74, 6) is 0.483. The molecule has 1 atom stereocenters. The van der Waals surface area contributed by atoms with Gasteiger partial charge in [-0.05, 0) is 56.4 Å². The molecule has 0 radical (unpaired) electrons. The van der Waals surface area contributed by atoms with Crippen molar-refractivity contribution in [2.24, 2.45) is 0 Å². The van der Waals surface area contributed by atoms with E-state index in [1.54, 1.807) is 12.3 Å². The van der Waals surface area contributed by atoms with Crippen molar-refractivity contribution in [2.75, 3.05) is 18.4 Å². The lowest BCUT2D eigenvalue weighted by Crippen LogP contribution is -2.41. The molecule has 3 aromatic rings. The van der Waals surface area contributed by atoms with Gasteiger partial charge < -0.3 is 10.2 Å². The zero-order valence-electron chi connectivity index (χ0n) is 18.1. The molecule has 0 unspecified atom stereocenters. The Hall–Kier alpha value is -2.99. The first kappa shape index (κ1) is 21.2. The molecule has 2 aromatic carbocycles. The Morgan fingerprint density at radius 1 is 1.13 bits per heavy atom. The van der Waals surface area contributed by atoms with Crippen LogP contribution in [0.4, 0.5) is 10.2 Å². The molecule has 0 aliphatic carbocycles. The molecule has 31 heavy (non-hydrogen) atoms. The fourth-order valence-electron chi connectivity index (χ4n) is 4.40. The Morgan fingerprint density at radius 2 is 1.84 bits per heavy atom. The quantitative estimate of drug-likeness (QED) is 0.620. The monoisotopic (exact) mass is 420 g/mol. The van der Waals surface area contributed by atoms with Gasteiger partial charge in [0.25, 0.3) is 5.91 Å². The van der Waals surface area contributed by atoms with E-state index < -0.39 is 0 Å². The van der Waals surface area contributed by atoms with Gasteiger partial charge in [0.15, 0.2) is 0 Å². The summed E-state index contributed by atoms with van der Waals surface area (Å²) < 4.78 is 15.9. The Morgan fingerprint density at radius 3 is 2.58 bits per heavy atom. The molecule has 4 rings (SSSR count). The van der Waals surface area contributed by atoms with Crippen LogP contribution in [0, 0.1) is 12.7 Å². The number of hydrogen-bond donors (Lipinski definition) is 1. The highest BCUT2D eigenvalue weighted by atomic mass is 19.1. The number of halogens is 1. The first-order valence-electron chi connectivity index (χ1n) is 10.9. The highest BCUT2D eigenvalue weighted by Gasteiger charge is 2.26. The maximum atomic E-state index is 14.0. The maximum absolute atomic E-state index is 14.0. The Bertz CT molecular complexity index is 1040. The van der Waals surface area contributed by atoms with Crippen molar-refractivity contribution < 1.29 is 9.18 Å². The van der Waals surface area contributed by atoms with Crippen molar-refractivity contribution in [1.29, 1.82) is 0 Å². The van der Waals surface area contributed by atoms with Crippen molar-refractivity contribution in [2.45, 2.75) is 45.2 Å². The Balaban J connectivity index is 1.36. The van der Waals surface area contributed by atoms with Crippen molar-refractivity contribution in [3.8, 4) is 0 Å². The number of nitrogens with one attached hydrogen (secondary N) is 1. The minimum Gasteiger partial charge on any atom is -0.307 e. The first-order chi connectivity index (χ1) is 15.0. The fraction of sp³-hybridized carbons (Fsp3) is 0.360. The molecule has 0 spiro atoms. The minimum absolute atomic E-state index is 0.115. The molecule has 1 amide bonds. The number of piperidine rings is 1. The predicted octanol–water partition coefficient (Wildman–Crippen LogP) is 4.85. The van der Waals surface area contributed by atoms with E-state index in [0.717, 1.165) is 42.9 Å². The maximum Gasteiger partial charge on any atom is 0.257 e. The Labute approximate surface area is 182 Å². The van der Waals surface area contributed by atoms with E-state index in [9.17, 15) is 9.18 Å². The second-order valence-electron chi connectivity index (χ2n) is 8.34. The summed E-state index contributed by atoms with van der Waals surface area (Å²) >= 11 is 0. The van der Waals surface area contributed by atoms with Crippen LogP contribution in [0.25, 0.3) is 0 Å². The van der Waals surface area contributed by atoms with Crippen LogP contribution in [0.5, 0.6) is 0 Å². The van der Waals surface area contributed by atoms with E-state index >= 15 is 0 Å². The Kier molecular flexibility index (Phi) is 6.47. The van der Waals surface area contributed by atoms with E-state index in [2.05, 4.69) is 22.2 Å². The SMILES string of the molecule is Cc1ccccc1C(=O)Nc1ccnn1C1CCN([C@H](C)Cc2ccccc2F)CC1. The van der Waals surface area contributed by atoms with Crippen LogP contribution in [0.2, 0.25) is 0 Å². The first-order valence-corrected chi connectivity index (χ1v) is 10.9. The van der Waals surface area contributed by atoms with E-state index in [4.69, 9.17) is 0 Å². The van der Waals surface area contributed by atoms with Crippen molar-refractivity contribution in [1.82, 2.24) is 14.7 Å². The molecule has 1 saturated heterocycles. The number of likely N-dealkylation sites (tertiary alicyclic amines) is 1. The molecular formula is C25H29FN4O. The summed E-state index contributed by atoms with van der Waals surface area (Å²) in [5, 5.41) is 7.52. The number of aryl methyl sites for hydroxylation is 1. The number of anilines is 1. The molecule has 5 nitrogen and oxygen atoms in total. The van der Waals surface area contributed by atoms with Crippen molar-refractivity contribution >= 4 is 11.7 Å². The predicted molar refractivity (Wildman–Crippen MR) is 121 cm³/mol. The van der Waals surface area contributed by atoms with Crippen LogP contribution in [0.15, 0.2) is 60.8 Å². The smallest absolute Gasteiger partial charge is 0.257 e. The number of aromatic nitrogens is 2. The summed E-state index contributed by atoms with van der Waals surface area (Å²) in [7, 11) is 0. The zero-order chi connectivity index (χ0) is 21.8. The van der Waals surface area contributed by atoms with Gasteiger partial charge in [0.2, 0.25) is 0 Å². The molecule has 1 aliphatic rings. The standard InChI is InChI=1S/C25H29FN4O/c1-18-7-3-5-9-22(18)25(31)28-24-11-14-27-30(24)21-12-15-29(16-13-21)19(2)17-20-8-4-6-10-23(20)26/h3-11,14,19,21H,12-13,15-17H2,1-2H3,(H,28,31)/t19-/m1/s1. The molecule has 6 heteroatoms. The molecule has 0 saturated carbocycles. The van der Waals surface area contributed by atoms with E-state index in [0.29, 0.717) is 12.0 Å². The minimum atomic E-state index is -0.130. The molecule has 0 bridgehead atoms. The largest absolute Gasteiger partial charge is 0.307 e. The van der Waals surface area contributed by atoms with Gasteiger partial charge in [-0.3, -0.25) is 4.79 Å². The lowest BCUT2D eigenvalue weighted by molar-refractivity contribution is 0.102. The average Bonchev–Trinajstić information content (AvgIpc) is 3.23. The fourth-order valence-corrected chi connectivity index (χ4v) is 4.40. The number of rotatable bonds is 6. The lowest BCUT2D eigenvalue weighted by Gasteiger charge is -2.36. The number of nitrogens with zero attached hydrogens (tertiary/aromatic N) is 3. The summed E-state index contributed by atoms with van der Waals surface area (Å²) in [6.45, 7) is 5.94. The third-order valence-corrected chi connectivity index (χ3v) is 6.24. The van der Waals surface area contributed by atoms with Crippen molar-refractivity contribution in [3.05, 3.63) is 83.3 Å². The number of benzene rings is 2. The zero-order valence-corrected chi connectivity index (χ0v) is 18.1. The second-order valence-corrected chi connectivity index (χ2v) is 8.34. The van der Waals surface area contributed by atoms with Gasteiger partial charge in [-0.2, -0.15) is 5.10 Å². The summed E-state index contributed by atoms with van der Waals surface area (Å²) in [6.07, 6.45) is 4.32. The molecule has 1 N–H and O–H groups in total. The third kappa shape index (κ3) is 4.85. The average molecular weight is 421 g/mol. The molecule has 1 aromatic heterocycles. The molecule has 1 aliphatic heterocycles. The normalized spacial score (nSPS) is 16.2. The molecule has 2 heterocycles. The number of hydrogen-bond acceptors (Lipinski definition) is 3. The van der Waals surface area contributed by atoms with E-state index in [1.165, 1.54) is 6.07 Å². The van der Waals surface area contributed by atoms with Gasteiger partial charge in [-0.1, -0.05) is 36.4 Å². The number of amides is 1. The van der Waals surface area contributed by atoms with Crippen LogP contribution >= 0.6 is 0 Å². The highest BCUT2D eigenvalue weighted by molar-refractivity contribution is 6.04. The molecule has 162 valence electrons. The number of carbonyl (C=O) groups excluding carboxylic acids is 1. The molecular weight excluding hydrogens is 391 g/mol. The van der Waals surface area contributed by atoms with E-state index in [-0.39, 0.29) is 23.8 Å². The van der Waals surface area contributed by atoms with Gasteiger partial charge in [0, 0.05) is 30.8 Å². The third-order valence-electron chi connectivity index (χ3n) is 6.24. The van der Waals surface area contributed by atoms with Crippen molar-refractivity contribution in [3.63, 3.8) is 0 Å². The van der Waals surface area contributed by atoms with Gasteiger partial charge in [0.1, 0.15) is 11.6 Å². The van der Waals surface area contributed by atoms with Gasteiger partial charge in [0.05, 0.1) is 12.2 Å². The van der Waals surface area contributed by atoms with Gasteiger partial charge >= 0.3 is 0 Å². The van der Waals surface area contributed by atoms with Crippen LogP contribution in [-0.2, 0) is 6.42 Å². The summed E-state index contributed by atoms with van der Waals surface area (Å²) in [6, 6.07) is 16.9. The van der Waals surface area contributed by atoms with Gasteiger partial charge in [-0.15, -0.1) is 0 Å². The van der Waals surface area contributed by atoms with E-state index in [1.807, 2.05) is 54.1 Å². The van der Waals surface area contributed by atoms with Gasteiger partial charge in [-0.25, -0.2) is 9.07 Å². The van der Waals surface area contributed by atoms with Crippen LogP contribution in [0.1, 0.15) is 47.3 Å². The summed E-state index contributed by atoms with van der Waals surface area (Å²) in [5.41, 5.74) is 2.39. The van der Waals surface area contributed by atoms with Crippen LogP contribution < -0.4 is 5.32 Å². The second kappa shape index (κ2) is 9.43. The number of carbonyl (C=O) groups is 1. The lowest BCUT2D eigenvalue weighted by atomic mass is 10.00. The summed E-state index contributed by atoms with van der Waals surface area (Å²) in [4.78, 5) is 15.1. The topological polar surface area (TPSA) is 50.2 Å². The highest BCUT2D eigenvalue weighted by Crippen LogP contribution is 2.27. The molecule has 1 fully saturated rings.